The highest BCUT2D eigenvalue weighted by molar-refractivity contribution is 6.30. The Labute approximate surface area is 155 Å². The molecule has 0 saturated carbocycles. The summed E-state index contributed by atoms with van der Waals surface area (Å²) in [6, 6.07) is 1.55. The predicted octanol–water partition coefficient (Wildman–Crippen LogP) is 3.97. The van der Waals surface area contributed by atoms with Crippen LogP contribution in [-0.2, 0) is 4.74 Å². The largest absolute Gasteiger partial charge is 0.358 e. The van der Waals surface area contributed by atoms with Crippen LogP contribution in [0, 0.1) is 0 Å². The van der Waals surface area contributed by atoms with Crippen molar-refractivity contribution in [3.8, 4) is 0 Å². The maximum Gasteiger partial charge on any atom is 0.295 e. The molecule has 142 valence electrons. The summed E-state index contributed by atoms with van der Waals surface area (Å²) < 4.78 is 34.4. The zero-order chi connectivity index (χ0) is 18.8. The first-order valence-corrected chi connectivity index (χ1v) is 8.64. The molecule has 1 aliphatic rings. The zero-order valence-electron chi connectivity index (χ0n) is 14.6. The summed E-state index contributed by atoms with van der Waals surface area (Å²) in [5, 5.41) is 3.47. The Morgan fingerprint density at radius 3 is 2.81 bits per heavy atom. The van der Waals surface area contributed by atoms with Gasteiger partial charge in [0, 0.05) is 33.0 Å². The number of hydrogen-bond donors (Lipinski definition) is 1. The third kappa shape index (κ3) is 3.60. The fourth-order valence-corrected chi connectivity index (χ4v) is 3.06. The van der Waals surface area contributed by atoms with Crippen molar-refractivity contribution in [3.63, 3.8) is 0 Å². The van der Waals surface area contributed by atoms with Gasteiger partial charge in [0.15, 0.2) is 11.5 Å². The van der Waals surface area contributed by atoms with Gasteiger partial charge in [0.1, 0.15) is 16.9 Å². The molecule has 0 amide bonds. The van der Waals surface area contributed by atoms with E-state index in [1.807, 2.05) is 0 Å². The third-order valence-electron chi connectivity index (χ3n) is 4.30. The fraction of sp³-hybridized carbons (Fsp3) is 0.500. The Hall–Kier alpha value is -1.97. The number of aromatic nitrogens is 3. The molecule has 3 heterocycles. The van der Waals surface area contributed by atoms with E-state index in [-0.39, 0.29) is 16.6 Å². The smallest absolute Gasteiger partial charge is 0.295 e. The lowest BCUT2D eigenvalue weighted by Gasteiger charge is -2.28. The number of pyridine rings is 1. The Kier molecular flexibility index (Phi) is 5.59. The van der Waals surface area contributed by atoms with Crippen molar-refractivity contribution in [2.45, 2.75) is 31.9 Å². The predicted molar refractivity (Wildman–Crippen MR) is 95.7 cm³/mol. The van der Waals surface area contributed by atoms with Crippen LogP contribution in [0.5, 0.6) is 0 Å². The number of hydrogen-bond acceptors (Lipinski definition) is 6. The minimum Gasteiger partial charge on any atom is -0.358 e. The molecular formula is C16H21ClF2N6O. The molecule has 0 aromatic carbocycles. The van der Waals surface area contributed by atoms with Gasteiger partial charge in [0.05, 0.1) is 5.69 Å². The second-order valence-corrected chi connectivity index (χ2v) is 6.41. The Bertz CT molecular complexity index is 793. The highest BCUT2D eigenvalue weighted by Crippen LogP contribution is 2.35. The molecule has 1 N–H and O–H groups in total. The van der Waals surface area contributed by atoms with Crippen molar-refractivity contribution in [2.75, 3.05) is 26.1 Å². The van der Waals surface area contributed by atoms with E-state index in [9.17, 15) is 8.78 Å². The monoisotopic (exact) mass is 386 g/mol. The maximum absolute atomic E-state index is 13.6. The summed E-state index contributed by atoms with van der Waals surface area (Å²) in [5.74, 6) is -0.371. The van der Waals surface area contributed by atoms with Crippen LogP contribution in [0.1, 0.15) is 37.7 Å². The van der Waals surface area contributed by atoms with Crippen molar-refractivity contribution in [1.82, 2.24) is 24.7 Å². The van der Waals surface area contributed by atoms with Crippen LogP contribution in [0.2, 0.25) is 5.15 Å². The molecule has 1 saturated heterocycles. The first-order valence-electron chi connectivity index (χ1n) is 8.26. The number of anilines is 1. The molecule has 0 spiro atoms. The number of fused-ring (bicyclic) bond motifs is 1. The van der Waals surface area contributed by atoms with E-state index in [1.54, 1.807) is 36.5 Å². The SMILES string of the molecule is C=CN(C)N(C)Nc1cc(Cl)nc2c1nc(C(F)F)n2C1CCCCO1. The van der Waals surface area contributed by atoms with Gasteiger partial charge in [-0.3, -0.25) is 15.0 Å². The van der Waals surface area contributed by atoms with Crippen LogP contribution in [0.4, 0.5) is 14.5 Å². The van der Waals surface area contributed by atoms with Crippen LogP contribution < -0.4 is 5.43 Å². The van der Waals surface area contributed by atoms with Gasteiger partial charge in [-0.2, -0.15) is 0 Å². The normalized spacial score (nSPS) is 17.9. The number of hydrazine groups is 2. The summed E-state index contributed by atoms with van der Waals surface area (Å²) in [6.07, 6.45) is 0.742. The van der Waals surface area contributed by atoms with Crippen molar-refractivity contribution < 1.29 is 13.5 Å². The number of nitrogens with zero attached hydrogens (tertiary/aromatic N) is 5. The molecule has 0 radical (unpaired) electrons. The number of alkyl halides is 2. The van der Waals surface area contributed by atoms with Gasteiger partial charge in [-0.25, -0.2) is 18.7 Å². The minimum absolute atomic E-state index is 0.174. The van der Waals surface area contributed by atoms with Gasteiger partial charge in [0.25, 0.3) is 6.43 Å². The molecule has 1 atom stereocenters. The molecule has 1 aliphatic heterocycles. The highest BCUT2D eigenvalue weighted by atomic mass is 35.5. The number of rotatable bonds is 6. The van der Waals surface area contributed by atoms with Gasteiger partial charge in [-0.15, -0.1) is 5.12 Å². The quantitative estimate of drug-likeness (QED) is 0.598. The zero-order valence-corrected chi connectivity index (χ0v) is 15.4. The minimum atomic E-state index is -2.75. The molecule has 2 aromatic rings. The molecule has 7 nitrogen and oxygen atoms in total. The summed E-state index contributed by atoms with van der Waals surface area (Å²) >= 11 is 6.15. The molecule has 0 bridgehead atoms. The third-order valence-corrected chi connectivity index (χ3v) is 4.50. The molecule has 1 unspecified atom stereocenters. The number of nitrogens with one attached hydrogen (secondary N) is 1. The molecule has 0 aliphatic carbocycles. The van der Waals surface area contributed by atoms with E-state index < -0.39 is 12.7 Å². The molecule has 2 aromatic heterocycles. The summed E-state index contributed by atoms with van der Waals surface area (Å²) in [7, 11) is 3.52. The van der Waals surface area contributed by atoms with Crippen LogP contribution in [-0.4, -0.2) is 45.4 Å². The van der Waals surface area contributed by atoms with E-state index in [2.05, 4.69) is 22.0 Å². The van der Waals surface area contributed by atoms with Crippen molar-refractivity contribution in [1.29, 1.82) is 0 Å². The molecule has 10 heteroatoms. The van der Waals surface area contributed by atoms with Gasteiger partial charge in [-0.1, -0.05) is 18.2 Å². The van der Waals surface area contributed by atoms with E-state index in [0.717, 1.165) is 12.8 Å². The van der Waals surface area contributed by atoms with Gasteiger partial charge in [-0.05, 0) is 19.3 Å². The van der Waals surface area contributed by atoms with Gasteiger partial charge < -0.3 is 4.74 Å². The Morgan fingerprint density at radius 1 is 1.42 bits per heavy atom. The summed E-state index contributed by atoms with van der Waals surface area (Å²) in [5.41, 5.74) is 4.11. The van der Waals surface area contributed by atoms with Crippen LogP contribution >= 0.6 is 11.6 Å². The van der Waals surface area contributed by atoms with Crippen molar-refractivity contribution >= 4 is 28.5 Å². The van der Waals surface area contributed by atoms with Crippen molar-refractivity contribution in [3.05, 3.63) is 29.8 Å². The van der Waals surface area contributed by atoms with Crippen molar-refractivity contribution in [2.24, 2.45) is 0 Å². The van der Waals surface area contributed by atoms with Crippen LogP contribution in [0.3, 0.4) is 0 Å². The molecule has 3 rings (SSSR count). The van der Waals surface area contributed by atoms with E-state index >= 15 is 0 Å². The highest BCUT2D eigenvalue weighted by Gasteiger charge is 2.28. The van der Waals surface area contributed by atoms with E-state index in [4.69, 9.17) is 16.3 Å². The molecule has 1 fully saturated rings. The average molecular weight is 387 g/mol. The topological polar surface area (TPSA) is 58.5 Å². The van der Waals surface area contributed by atoms with E-state index in [1.165, 1.54) is 4.57 Å². The second kappa shape index (κ2) is 7.73. The second-order valence-electron chi connectivity index (χ2n) is 6.02. The maximum atomic E-state index is 13.6. The number of halogens is 3. The summed E-state index contributed by atoms with van der Waals surface area (Å²) in [6.45, 7) is 4.20. The lowest BCUT2D eigenvalue weighted by Crippen LogP contribution is -2.37. The number of ether oxygens (including phenoxy) is 1. The van der Waals surface area contributed by atoms with Crippen LogP contribution in [0.25, 0.3) is 11.2 Å². The average Bonchev–Trinajstić information content (AvgIpc) is 3.01. The van der Waals surface area contributed by atoms with Gasteiger partial charge >= 0.3 is 0 Å². The Morgan fingerprint density at radius 2 is 2.19 bits per heavy atom. The van der Waals surface area contributed by atoms with Gasteiger partial charge in [0.2, 0.25) is 0 Å². The van der Waals surface area contributed by atoms with E-state index in [0.29, 0.717) is 24.2 Å². The molecular weight excluding hydrogens is 366 g/mol. The lowest BCUT2D eigenvalue weighted by atomic mass is 10.2. The first kappa shape index (κ1) is 18.8. The molecule has 26 heavy (non-hydrogen) atoms. The first-order chi connectivity index (χ1) is 12.4. The lowest BCUT2D eigenvalue weighted by molar-refractivity contribution is -0.0363. The summed E-state index contributed by atoms with van der Waals surface area (Å²) in [4.78, 5) is 8.39. The van der Waals surface area contributed by atoms with Crippen LogP contribution in [0.15, 0.2) is 18.8 Å². The fourth-order valence-electron chi connectivity index (χ4n) is 2.88. The number of imidazole rings is 1. The Balaban J connectivity index is 2.11. The standard InChI is InChI=1S/C16H21ClF2N6O/c1-4-23(2)24(3)22-10-9-11(17)20-15-13(10)21-16(14(18)19)25(15)12-7-5-6-8-26-12/h4,9,12,14H,1,5-8H2,2-3H3,(H,20,22).